The Labute approximate surface area is 128 Å². The average molecular weight is 309 g/mol. The number of aliphatic imine (C=N–C) groups is 1. The third-order valence-electron chi connectivity index (χ3n) is 4.27. The summed E-state index contributed by atoms with van der Waals surface area (Å²) in [4.78, 5) is 4.26. The van der Waals surface area contributed by atoms with Crippen LogP contribution in [-0.2, 0) is 0 Å². The average Bonchev–Trinajstić information content (AvgIpc) is 2.46. The van der Waals surface area contributed by atoms with Crippen LogP contribution >= 0.6 is 0 Å². The van der Waals surface area contributed by atoms with Crippen molar-refractivity contribution >= 4 is 5.96 Å². The minimum atomic E-state index is -2.45. The van der Waals surface area contributed by atoms with Crippen molar-refractivity contribution in [2.45, 2.75) is 37.6 Å². The molecular weight excluding hydrogens is 288 g/mol. The summed E-state index contributed by atoms with van der Waals surface area (Å²) in [6, 6.07) is 7.93. The molecule has 4 nitrogen and oxygen atoms in total. The van der Waals surface area contributed by atoms with E-state index in [1.54, 1.807) is 0 Å². The number of hydrogen-bond donors (Lipinski definition) is 2. The van der Waals surface area contributed by atoms with Crippen molar-refractivity contribution in [2.75, 3.05) is 13.2 Å². The summed E-state index contributed by atoms with van der Waals surface area (Å²) < 4.78 is 31.1. The topological polar surface area (TPSA) is 59.6 Å². The number of alkyl halides is 2. The van der Waals surface area contributed by atoms with Crippen molar-refractivity contribution in [1.82, 2.24) is 5.32 Å². The van der Waals surface area contributed by atoms with Crippen LogP contribution in [0, 0.1) is 5.92 Å². The van der Waals surface area contributed by atoms with Gasteiger partial charge in [0.25, 0.3) is 0 Å². The zero-order valence-corrected chi connectivity index (χ0v) is 12.4. The van der Waals surface area contributed by atoms with Crippen LogP contribution in [0.2, 0.25) is 0 Å². The minimum Gasteiger partial charge on any atom is -0.493 e. The fraction of sp³-hybridized carbons (Fsp3) is 0.562. The Bertz CT molecular complexity index is 554. The van der Waals surface area contributed by atoms with Gasteiger partial charge in [0.05, 0.1) is 12.6 Å². The highest BCUT2D eigenvalue weighted by molar-refractivity contribution is 5.78. The van der Waals surface area contributed by atoms with Gasteiger partial charge in [0.15, 0.2) is 5.96 Å². The Morgan fingerprint density at radius 1 is 1.36 bits per heavy atom. The molecule has 1 heterocycles. The molecule has 0 bridgehead atoms. The maximum Gasteiger partial charge on any atom is 0.248 e. The first-order chi connectivity index (χ1) is 10.5. The molecule has 1 aromatic rings. The standard InChI is InChI=1S/C16H21F2N3O/c17-16(18)9-11(10-16)5-7-20-15(19)21-13-6-8-22-14-4-2-1-3-12(13)14/h1-4,11,13H,5-10H2,(H3,19,20,21). The molecule has 0 amide bonds. The number of nitrogens with one attached hydrogen (secondary N) is 1. The molecule has 6 heteroatoms. The van der Waals surface area contributed by atoms with Crippen molar-refractivity contribution in [3.05, 3.63) is 29.8 Å². The van der Waals surface area contributed by atoms with E-state index in [-0.39, 0.29) is 24.8 Å². The second kappa shape index (κ2) is 6.10. The molecule has 3 N–H and O–H groups in total. The second-order valence-electron chi connectivity index (χ2n) is 6.06. The maximum absolute atomic E-state index is 12.7. The monoisotopic (exact) mass is 309 g/mol. The number of benzene rings is 1. The van der Waals surface area contributed by atoms with E-state index in [1.807, 2.05) is 24.3 Å². The smallest absolute Gasteiger partial charge is 0.248 e. The SMILES string of the molecule is NC(=NCCC1CC(F)(F)C1)NC1CCOc2ccccc21. The first-order valence-corrected chi connectivity index (χ1v) is 7.69. The molecule has 22 heavy (non-hydrogen) atoms. The van der Waals surface area contributed by atoms with Gasteiger partial charge in [-0.3, -0.25) is 4.99 Å². The van der Waals surface area contributed by atoms with E-state index in [1.165, 1.54) is 0 Å². The largest absolute Gasteiger partial charge is 0.493 e. The molecule has 1 atom stereocenters. The fourth-order valence-electron chi connectivity index (χ4n) is 3.07. The van der Waals surface area contributed by atoms with Gasteiger partial charge < -0.3 is 15.8 Å². The highest BCUT2D eigenvalue weighted by atomic mass is 19.3. The number of guanidine groups is 1. The zero-order chi connectivity index (χ0) is 15.6. The van der Waals surface area contributed by atoms with Crippen molar-refractivity contribution < 1.29 is 13.5 Å². The molecule has 1 fully saturated rings. The number of ether oxygens (including phenoxy) is 1. The van der Waals surface area contributed by atoms with Crippen LogP contribution in [-0.4, -0.2) is 25.0 Å². The Kier molecular flexibility index (Phi) is 4.18. The molecular formula is C16H21F2N3O. The molecule has 0 radical (unpaired) electrons. The zero-order valence-electron chi connectivity index (χ0n) is 12.4. The van der Waals surface area contributed by atoms with Crippen LogP contribution in [0.4, 0.5) is 8.78 Å². The number of nitrogens with zero attached hydrogens (tertiary/aromatic N) is 1. The van der Waals surface area contributed by atoms with Gasteiger partial charge in [-0.25, -0.2) is 8.78 Å². The van der Waals surface area contributed by atoms with Gasteiger partial charge in [-0.05, 0) is 18.4 Å². The minimum absolute atomic E-state index is 0.0107. The third-order valence-corrected chi connectivity index (χ3v) is 4.27. The molecule has 3 rings (SSSR count). The lowest BCUT2D eigenvalue weighted by Gasteiger charge is -2.34. The second-order valence-corrected chi connectivity index (χ2v) is 6.06. The van der Waals surface area contributed by atoms with Crippen molar-refractivity contribution in [1.29, 1.82) is 0 Å². The molecule has 1 aromatic carbocycles. The van der Waals surface area contributed by atoms with E-state index in [0.717, 1.165) is 17.7 Å². The first-order valence-electron chi connectivity index (χ1n) is 7.69. The van der Waals surface area contributed by atoms with Crippen molar-refractivity contribution in [3.8, 4) is 5.75 Å². The van der Waals surface area contributed by atoms with Crippen LogP contribution in [0.25, 0.3) is 0 Å². The molecule has 120 valence electrons. The summed E-state index contributed by atoms with van der Waals surface area (Å²) >= 11 is 0. The summed E-state index contributed by atoms with van der Waals surface area (Å²) in [5, 5.41) is 3.20. The summed E-state index contributed by atoms with van der Waals surface area (Å²) in [6.45, 7) is 1.13. The number of fused-ring (bicyclic) bond motifs is 1. The van der Waals surface area contributed by atoms with Gasteiger partial charge in [0, 0.05) is 31.4 Å². The van der Waals surface area contributed by atoms with Gasteiger partial charge >= 0.3 is 0 Å². The Morgan fingerprint density at radius 3 is 2.91 bits per heavy atom. The number of hydrogen-bond acceptors (Lipinski definition) is 2. The first kappa shape index (κ1) is 15.1. The van der Waals surface area contributed by atoms with Crippen LogP contribution in [0.3, 0.4) is 0 Å². The lowest BCUT2D eigenvalue weighted by atomic mass is 9.79. The fourth-order valence-corrected chi connectivity index (χ4v) is 3.07. The van der Waals surface area contributed by atoms with Gasteiger partial charge in [-0.1, -0.05) is 18.2 Å². The summed E-state index contributed by atoms with van der Waals surface area (Å²) in [7, 11) is 0. The Hall–Kier alpha value is -1.85. The molecule has 2 aliphatic rings. The van der Waals surface area contributed by atoms with E-state index in [2.05, 4.69) is 10.3 Å². The number of nitrogens with two attached hydrogens (primary N) is 1. The van der Waals surface area contributed by atoms with E-state index in [9.17, 15) is 8.78 Å². The lowest BCUT2D eigenvalue weighted by Crippen LogP contribution is -2.38. The summed E-state index contributed by atoms with van der Waals surface area (Å²) in [5.41, 5.74) is 6.99. The van der Waals surface area contributed by atoms with Crippen molar-refractivity contribution in [3.63, 3.8) is 0 Å². The molecule has 0 saturated heterocycles. The lowest BCUT2D eigenvalue weighted by molar-refractivity contribution is -0.111. The molecule has 1 saturated carbocycles. The van der Waals surface area contributed by atoms with Gasteiger partial charge in [-0.15, -0.1) is 0 Å². The van der Waals surface area contributed by atoms with Crippen LogP contribution in [0.15, 0.2) is 29.3 Å². The van der Waals surface area contributed by atoms with E-state index < -0.39 is 5.92 Å². The van der Waals surface area contributed by atoms with Crippen molar-refractivity contribution in [2.24, 2.45) is 16.6 Å². The molecule has 1 aliphatic carbocycles. The highest BCUT2D eigenvalue weighted by Gasteiger charge is 2.44. The van der Waals surface area contributed by atoms with Gasteiger partial charge in [0.1, 0.15) is 5.75 Å². The maximum atomic E-state index is 12.7. The number of para-hydroxylation sites is 1. The van der Waals surface area contributed by atoms with Crippen LogP contribution < -0.4 is 15.8 Å². The quantitative estimate of drug-likeness (QED) is 0.664. The summed E-state index contributed by atoms with van der Waals surface area (Å²) in [5.74, 6) is -1.14. The van der Waals surface area contributed by atoms with E-state index in [0.29, 0.717) is 25.5 Å². The highest BCUT2D eigenvalue weighted by Crippen LogP contribution is 2.43. The molecule has 1 aliphatic heterocycles. The predicted octanol–water partition coefficient (Wildman–Crippen LogP) is 2.85. The van der Waals surface area contributed by atoms with Gasteiger partial charge in [0.2, 0.25) is 5.92 Å². The molecule has 0 aromatic heterocycles. The Balaban J connectivity index is 1.50. The normalized spacial score (nSPS) is 24.1. The number of halogens is 2. The van der Waals surface area contributed by atoms with E-state index in [4.69, 9.17) is 10.5 Å². The van der Waals surface area contributed by atoms with Crippen LogP contribution in [0.1, 0.15) is 37.3 Å². The Morgan fingerprint density at radius 2 is 2.14 bits per heavy atom. The molecule has 1 unspecified atom stereocenters. The van der Waals surface area contributed by atoms with Gasteiger partial charge in [-0.2, -0.15) is 0 Å². The molecule has 0 spiro atoms. The van der Waals surface area contributed by atoms with Crippen LogP contribution in [0.5, 0.6) is 5.75 Å². The van der Waals surface area contributed by atoms with E-state index >= 15 is 0 Å². The number of rotatable bonds is 4. The third kappa shape index (κ3) is 3.48. The summed E-state index contributed by atoms with van der Waals surface area (Å²) in [6.07, 6.45) is 1.47. The predicted molar refractivity (Wildman–Crippen MR) is 81.2 cm³/mol.